The van der Waals surface area contributed by atoms with Gasteiger partial charge in [0.05, 0.1) is 22.9 Å². The van der Waals surface area contributed by atoms with Gasteiger partial charge in [-0.3, -0.25) is 14.5 Å². The summed E-state index contributed by atoms with van der Waals surface area (Å²) in [6, 6.07) is 29.6. The Hall–Kier alpha value is -4.53. The molecule has 2 amide bonds. The number of amides is 2. The van der Waals surface area contributed by atoms with Crippen LogP contribution in [-0.2, 0) is 9.59 Å². The monoisotopic (exact) mass is 597 g/mol. The lowest BCUT2D eigenvalue weighted by atomic mass is 10.1. The average molecular weight is 598 g/mol. The number of halogens is 1. The molecule has 4 aromatic carbocycles. The largest absolute Gasteiger partial charge is 0.490 e. The average Bonchev–Trinajstić information content (AvgIpc) is 3.29. The van der Waals surface area contributed by atoms with Gasteiger partial charge in [0, 0.05) is 10.7 Å². The Morgan fingerprint density at radius 3 is 2.40 bits per heavy atom. The van der Waals surface area contributed by atoms with Crippen LogP contribution in [0.25, 0.3) is 6.08 Å². The maximum absolute atomic E-state index is 13.6. The van der Waals surface area contributed by atoms with Gasteiger partial charge in [0.1, 0.15) is 0 Å². The van der Waals surface area contributed by atoms with Crippen molar-refractivity contribution in [2.24, 2.45) is 4.99 Å². The molecule has 4 aromatic rings. The molecular formula is C33H28ClN3O4S. The van der Waals surface area contributed by atoms with Gasteiger partial charge >= 0.3 is 0 Å². The molecule has 9 heteroatoms. The van der Waals surface area contributed by atoms with Crippen LogP contribution in [0.15, 0.2) is 107 Å². The molecule has 7 nitrogen and oxygen atoms in total. The summed E-state index contributed by atoms with van der Waals surface area (Å²) in [6.07, 6.45) is 1.80. The lowest BCUT2D eigenvalue weighted by Crippen LogP contribution is -2.28. The molecule has 0 aliphatic carbocycles. The molecule has 1 aliphatic heterocycles. The van der Waals surface area contributed by atoms with Crippen LogP contribution in [0.5, 0.6) is 11.5 Å². The summed E-state index contributed by atoms with van der Waals surface area (Å²) in [5.74, 6) is 0.375. The van der Waals surface area contributed by atoms with E-state index < -0.39 is 0 Å². The minimum Gasteiger partial charge on any atom is -0.490 e. The number of rotatable bonds is 9. The van der Waals surface area contributed by atoms with Crippen LogP contribution in [-0.4, -0.2) is 30.2 Å². The van der Waals surface area contributed by atoms with Crippen molar-refractivity contribution in [1.29, 1.82) is 0 Å². The van der Waals surface area contributed by atoms with E-state index in [2.05, 4.69) is 5.32 Å². The number of hydrogen-bond acceptors (Lipinski definition) is 6. The van der Waals surface area contributed by atoms with E-state index in [1.807, 2.05) is 86.6 Å². The number of ether oxygens (including phenoxy) is 2. The van der Waals surface area contributed by atoms with Crippen molar-refractivity contribution in [1.82, 2.24) is 0 Å². The summed E-state index contributed by atoms with van der Waals surface area (Å²) < 4.78 is 11.6. The van der Waals surface area contributed by atoms with Crippen molar-refractivity contribution in [2.75, 3.05) is 23.4 Å². The number of hydrogen-bond donors (Lipinski definition) is 1. The molecule has 1 heterocycles. The third-order valence-electron chi connectivity index (χ3n) is 6.18. The van der Waals surface area contributed by atoms with Gasteiger partial charge in [-0.25, -0.2) is 4.99 Å². The summed E-state index contributed by atoms with van der Waals surface area (Å²) in [4.78, 5) is 33.0. The maximum atomic E-state index is 13.6. The van der Waals surface area contributed by atoms with Crippen LogP contribution in [0.2, 0.25) is 5.02 Å². The topological polar surface area (TPSA) is 80.2 Å². The number of thioether (sulfide) groups is 1. The predicted octanol–water partition coefficient (Wildman–Crippen LogP) is 7.87. The normalized spacial score (nSPS) is 14.8. The summed E-state index contributed by atoms with van der Waals surface area (Å²) >= 11 is 7.46. The number of anilines is 2. The van der Waals surface area contributed by atoms with Crippen molar-refractivity contribution in [3.8, 4) is 11.5 Å². The molecule has 1 aliphatic rings. The molecule has 1 saturated heterocycles. The zero-order valence-corrected chi connectivity index (χ0v) is 24.6. The third-order valence-corrected chi connectivity index (χ3v) is 7.56. The molecule has 0 aromatic heterocycles. The minimum absolute atomic E-state index is 0.174. The zero-order valence-electron chi connectivity index (χ0n) is 23.0. The fourth-order valence-corrected chi connectivity index (χ4v) is 5.31. The molecule has 0 atom stereocenters. The van der Waals surface area contributed by atoms with Gasteiger partial charge < -0.3 is 14.8 Å². The van der Waals surface area contributed by atoms with Crippen molar-refractivity contribution in [2.45, 2.75) is 13.8 Å². The number of carbonyl (C=O) groups excluding carboxylic acids is 2. The molecule has 0 radical (unpaired) electrons. The van der Waals surface area contributed by atoms with E-state index in [1.54, 1.807) is 35.2 Å². The Balaban J connectivity index is 1.36. The standard InChI is InChI=1S/C33H28ClN3O4S/c1-3-40-29-18-23(15-17-28(29)41-21-31(38)35-25-16-14-22(2)27(34)20-25)19-30-32(39)37(26-12-8-5-9-13-26)33(42-30)36-24-10-6-4-7-11-24/h4-20H,3,21H2,1-2H3,(H,35,38)/b30-19-,36-33?. The first-order chi connectivity index (χ1) is 20.4. The van der Waals surface area contributed by atoms with Crippen LogP contribution in [0, 0.1) is 6.92 Å². The second-order valence-corrected chi connectivity index (χ2v) is 10.7. The summed E-state index contributed by atoms with van der Waals surface area (Å²) in [7, 11) is 0. The molecule has 1 N–H and O–H groups in total. The first kappa shape index (κ1) is 29.0. The van der Waals surface area contributed by atoms with Gasteiger partial charge in [-0.1, -0.05) is 60.1 Å². The first-order valence-corrected chi connectivity index (χ1v) is 14.5. The van der Waals surface area contributed by atoms with E-state index in [-0.39, 0.29) is 18.4 Å². The van der Waals surface area contributed by atoms with E-state index >= 15 is 0 Å². The number of benzene rings is 4. The molecule has 212 valence electrons. The minimum atomic E-state index is -0.331. The summed E-state index contributed by atoms with van der Waals surface area (Å²) in [5, 5.41) is 3.92. The Morgan fingerprint density at radius 2 is 1.69 bits per heavy atom. The van der Waals surface area contributed by atoms with Crippen LogP contribution in [0.4, 0.5) is 17.1 Å². The molecule has 0 spiro atoms. The van der Waals surface area contributed by atoms with E-state index in [9.17, 15) is 9.59 Å². The van der Waals surface area contributed by atoms with E-state index in [4.69, 9.17) is 26.1 Å². The number of carbonyl (C=O) groups is 2. The molecule has 5 rings (SSSR count). The Labute approximate surface area is 253 Å². The SMILES string of the molecule is CCOc1cc(/C=C2\SC(=Nc3ccccc3)N(c3ccccc3)C2=O)ccc1OCC(=O)Nc1ccc(C)c(Cl)c1. The highest BCUT2D eigenvalue weighted by atomic mass is 35.5. The van der Waals surface area contributed by atoms with Crippen molar-refractivity contribution in [3.05, 3.63) is 118 Å². The maximum Gasteiger partial charge on any atom is 0.271 e. The third kappa shape index (κ3) is 7.02. The van der Waals surface area contributed by atoms with E-state index in [0.29, 0.717) is 38.9 Å². The lowest BCUT2D eigenvalue weighted by Gasteiger charge is -2.15. The first-order valence-electron chi connectivity index (χ1n) is 13.3. The second-order valence-electron chi connectivity index (χ2n) is 9.26. The highest BCUT2D eigenvalue weighted by Gasteiger charge is 2.34. The Morgan fingerprint density at radius 1 is 0.952 bits per heavy atom. The Bertz CT molecular complexity index is 1660. The van der Waals surface area contributed by atoms with Crippen molar-refractivity contribution in [3.63, 3.8) is 0 Å². The van der Waals surface area contributed by atoms with Gasteiger partial charge in [-0.15, -0.1) is 0 Å². The van der Waals surface area contributed by atoms with E-state index in [0.717, 1.165) is 22.5 Å². The van der Waals surface area contributed by atoms with Crippen molar-refractivity contribution < 1.29 is 19.1 Å². The highest BCUT2D eigenvalue weighted by Crippen LogP contribution is 2.38. The summed E-state index contributed by atoms with van der Waals surface area (Å²) in [5.41, 5.74) is 3.74. The highest BCUT2D eigenvalue weighted by molar-refractivity contribution is 8.19. The predicted molar refractivity (Wildman–Crippen MR) is 171 cm³/mol. The van der Waals surface area contributed by atoms with Gasteiger partial charge in [0.25, 0.3) is 11.8 Å². The number of aryl methyl sites for hydroxylation is 1. The quantitative estimate of drug-likeness (QED) is 0.199. The zero-order chi connectivity index (χ0) is 29.5. The number of aliphatic imine (C=N–C) groups is 1. The number of nitrogens with one attached hydrogen (secondary N) is 1. The van der Waals surface area contributed by atoms with Crippen molar-refractivity contribution >= 4 is 63.5 Å². The van der Waals surface area contributed by atoms with Gasteiger partial charge in [0.2, 0.25) is 0 Å². The fourth-order valence-electron chi connectivity index (χ4n) is 4.13. The van der Waals surface area contributed by atoms with Gasteiger partial charge in [-0.2, -0.15) is 0 Å². The smallest absolute Gasteiger partial charge is 0.271 e. The Kier molecular flexibility index (Phi) is 9.26. The van der Waals surface area contributed by atoms with Gasteiger partial charge in [-0.05, 0) is 91.3 Å². The molecule has 42 heavy (non-hydrogen) atoms. The molecule has 0 unspecified atom stereocenters. The molecule has 0 bridgehead atoms. The molecular weight excluding hydrogens is 570 g/mol. The van der Waals surface area contributed by atoms with Crippen LogP contribution >= 0.6 is 23.4 Å². The van der Waals surface area contributed by atoms with Crippen LogP contribution < -0.4 is 19.7 Å². The number of nitrogens with zero attached hydrogens (tertiary/aromatic N) is 2. The molecule has 1 fully saturated rings. The molecule has 0 saturated carbocycles. The number of amidine groups is 1. The number of para-hydroxylation sites is 2. The second kappa shape index (κ2) is 13.4. The summed E-state index contributed by atoms with van der Waals surface area (Å²) in [6.45, 7) is 3.94. The van der Waals surface area contributed by atoms with Crippen LogP contribution in [0.1, 0.15) is 18.1 Å². The fraction of sp³-hybridized carbons (Fsp3) is 0.121. The van der Waals surface area contributed by atoms with Gasteiger partial charge in [0.15, 0.2) is 23.3 Å². The lowest BCUT2D eigenvalue weighted by molar-refractivity contribution is -0.118. The van der Waals surface area contributed by atoms with E-state index in [1.165, 1.54) is 11.8 Å². The van der Waals surface area contributed by atoms with Crippen LogP contribution in [0.3, 0.4) is 0 Å².